The lowest BCUT2D eigenvalue weighted by atomic mass is 9.86. The molecule has 3 aliphatic rings. The average molecular weight is 726 g/mol. The van der Waals surface area contributed by atoms with Gasteiger partial charge < -0.3 is 24.1 Å². The van der Waals surface area contributed by atoms with E-state index in [-0.39, 0.29) is 36.2 Å². The molecule has 4 aromatic rings. The molecular weight excluding hydrogens is 688 g/mol. The number of halogens is 3. The molecule has 3 aliphatic heterocycles. The number of pyridine rings is 1. The van der Waals surface area contributed by atoms with Crippen LogP contribution in [0.2, 0.25) is 10.0 Å². The molecule has 50 heavy (non-hydrogen) atoms. The number of carbonyl (C=O) groups excluding carboxylic acids is 2. The number of ether oxygens (including phenoxy) is 4. The normalized spacial score (nSPS) is 18.6. The number of aromatic hydroxyl groups is 1. The van der Waals surface area contributed by atoms with Crippen molar-refractivity contribution in [2.75, 3.05) is 38.8 Å². The molecule has 0 aliphatic carbocycles. The fourth-order valence-electron chi connectivity index (χ4n) is 6.47. The highest BCUT2D eigenvalue weighted by atomic mass is 35.5. The highest BCUT2D eigenvalue weighted by Crippen LogP contribution is 2.36. The molecule has 2 bridgehead atoms. The van der Waals surface area contributed by atoms with E-state index < -0.39 is 29.7 Å². The summed E-state index contributed by atoms with van der Waals surface area (Å²) in [6, 6.07) is 15.7. The first-order chi connectivity index (χ1) is 24.1. The number of amides is 1. The van der Waals surface area contributed by atoms with Crippen molar-refractivity contribution in [3.8, 4) is 17.2 Å². The number of methoxy groups -OCH3 is 2. The summed E-state index contributed by atoms with van der Waals surface area (Å²) in [4.78, 5) is 33.5. The molecule has 0 saturated carbocycles. The summed E-state index contributed by atoms with van der Waals surface area (Å²) in [5.74, 6) is -0.926. The van der Waals surface area contributed by atoms with Gasteiger partial charge in [0.05, 0.1) is 32.0 Å². The van der Waals surface area contributed by atoms with E-state index in [4.69, 9.17) is 42.1 Å². The Kier molecular flexibility index (Phi) is 11.0. The van der Waals surface area contributed by atoms with E-state index in [0.29, 0.717) is 44.8 Å². The molecule has 262 valence electrons. The number of H-pyrrole nitrogens is 1. The van der Waals surface area contributed by atoms with Crippen LogP contribution in [-0.4, -0.2) is 62.0 Å². The second-order valence-corrected chi connectivity index (χ2v) is 13.1. The minimum absolute atomic E-state index is 0.0775. The molecule has 13 heteroatoms. The fraction of sp³-hybridized carbons (Fsp3) is 0.324. The molecule has 0 unspecified atom stereocenters. The van der Waals surface area contributed by atoms with Crippen molar-refractivity contribution in [1.82, 2.24) is 4.90 Å². The number of anilines is 1. The SMILES string of the molecule is COc1ccc([C@H](Cc2c(Cl)c[nH+]cc2Cl)OC(=O)c2ccc(CN(C(=O)O[C@H]3CN4CCC3CC4)c3cccc(O)c3F)cc2)cc1OC. The number of hydrogen-bond donors (Lipinski definition) is 1. The number of nitrogens with one attached hydrogen (secondary N) is 1. The molecule has 3 saturated heterocycles. The van der Waals surface area contributed by atoms with E-state index in [1.165, 1.54) is 32.4 Å². The van der Waals surface area contributed by atoms with Gasteiger partial charge in [-0.05, 0) is 79.4 Å². The highest BCUT2D eigenvalue weighted by Gasteiger charge is 2.38. The van der Waals surface area contributed by atoms with Crippen LogP contribution in [0.4, 0.5) is 14.9 Å². The van der Waals surface area contributed by atoms with Crippen LogP contribution in [0.5, 0.6) is 17.2 Å². The van der Waals surface area contributed by atoms with Crippen molar-refractivity contribution < 1.29 is 43.0 Å². The van der Waals surface area contributed by atoms with Gasteiger partial charge in [-0.1, -0.05) is 47.5 Å². The Morgan fingerprint density at radius 3 is 2.34 bits per heavy atom. The maximum Gasteiger partial charge on any atom is 0.415 e. The zero-order valence-electron chi connectivity index (χ0n) is 27.5. The zero-order chi connectivity index (χ0) is 35.4. The molecule has 4 heterocycles. The second kappa shape index (κ2) is 15.5. The van der Waals surface area contributed by atoms with Crippen molar-refractivity contribution in [2.24, 2.45) is 5.92 Å². The number of phenolic OH excluding ortho intramolecular Hbond substituents is 1. The average Bonchev–Trinajstić information content (AvgIpc) is 3.13. The molecule has 3 aromatic carbocycles. The third-order valence-corrected chi connectivity index (χ3v) is 9.94. The van der Waals surface area contributed by atoms with Gasteiger partial charge in [0, 0.05) is 18.5 Å². The predicted molar refractivity (Wildman–Crippen MR) is 185 cm³/mol. The first-order valence-corrected chi connectivity index (χ1v) is 16.9. The predicted octanol–water partition coefficient (Wildman–Crippen LogP) is 7.05. The van der Waals surface area contributed by atoms with Gasteiger partial charge >= 0.3 is 12.1 Å². The molecule has 1 amide bonds. The number of rotatable bonds is 11. The van der Waals surface area contributed by atoms with Crippen LogP contribution in [0.15, 0.2) is 73.1 Å². The third-order valence-electron chi connectivity index (χ3n) is 9.26. The van der Waals surface area contributed by atoms with E-state index in [1.54, 1.807) is 54.9 Å². The number of nitrogens with zero attached hydrogens (tertiary/aromatic N) is 2. The van der Waals surface area contributed by atoms with E-state index >= 15 is 4.39 Å². The van der Waals surface area contributed by atoms with Gasteiger partial charge in [-0.2, -0.15) is 0 Å². The number of carbonyl (C=O) groups is 2. The van der Waals surface area contributed by atoms with E-state index in [2.05, 4.69) is 9.88 Å². The van der Waals surface area contributed by atoms with Crippen molar-refractivity contribution in [3.63, 3.8) is 0 Å². The Balaban J connectivity index is 1.22. The molecule has 0 radical (unpaired) electrons. The van der Waals surface area contributed by atoms with Crippen LogP contribution < -0.4 is 19.4 Å². The quantitative estimate of drug-likeness (QED) is 0.164. The third kappa shape index (κ3) is 7.75. The lowest BCUT2D eigenvalue weighted by Gasteiger charge is -2.44. The minimum Gasteiger partial charge on any atom is -0.505 e. The minimum atomic E-state index is -0.934. The number of piperidine rings is 3. The van der Waals surface area contributed by atoms with Crippen LogP contribution in [0, 0.1) is 11.7 Å². The molecule has 7 rings (SSSR count). The van der Waals surface area contributed by atoms with Gasteiger partial charge in [0.15, 0.2) is 35.5 Å². The van der Waals surface area contributed by atoms with E-state index in [1.807, 2.05) is 0 Å². The zero-order valence-corrected chi connectivity index (χ0v) is 29.0. The number of phenols is 1. The van der Waals surface area contributed by atoms with Crippen LogP contribution in [0.1, 0.15) is 46.0 Å². The van der Waals surface area contributed by atoms with Crippen LogP contribution in [-0.2, 0) is 22.4 Å². The molecule has 1 aromatic heterocycles. The number of esters is 1. The summed E-state index contributed by atoms with van der Waals surface area (Å²) in [5.41, 5.74) is 1.92. The smallest absolute Gasteiger partial charge is 0.415 e. The first-order valence-electron chi connectivity index (χ1n) is 16.2. The van der Waals surface area contributed by atoms with Crippen LogP contribution in [0.25, 0.3) is 0 Å². The van der Waals surface area contributed by atoms with Crippen LogP contribution in [0.3, 0.4) is 0 Å². The Morgan fingerprint density at radius 2 is 1.70 bits per heavy atom. The Bertz CT molecular complexity index is 1830. The Morgan fingerprint density at radius 1 is 1.00 bits per heavy atom. The molecule has 0 spiro atoms. The number of hydrogen-bond acceptors (Lipinski definition) is 8. The van der Waals surface area contributed by atoms with Crippen molar-refractivity contribution >= 4 is 41.0 Å². The first kappa shape index (κ1) is 35.3. The van der Waals surface area contributed by atoms with Crippen LogP contribution >= 0.6 is 23.2 Å². The number of benzene rings is 3. The van der Waals surface area contributed by atoms with Crippen molar-refractivity contribution in [2.45, 2.75) is 38.0 Å². The lowest BCUT2D eigenvalue weighted by molar-refractivity contribution is -0.377. The lowest BCUT2D eigenvalue weighted by Crippen LogP contribution is -2.53. The van der Waals surface area contributed by atoms with E-state index in [0.717, 1.165) is 30.8 Å². The second-order valence-electron chi connectivity index (χ2n) is 12.3. The van der Waals surface area contributed by atoms with Gasteiger partial charge in [-0.15, -0.1) is 0 Å². The highest BCUT2D eigenvalue weighted by molar-refractivity contribution is 6.35. The topological polar surface area (TPSA) is 112 Å². The summed E-state index contributed by atoms with van der Waals surface area (Å²) in [5, 5.41) is 10.8. The largest absolute Gasteiger partial charge is 0.505 e. The fourth-order valence-corrected chi connectivity index (χ4v) is 7.00. The van der Waals surface area contributed by atoms with Gasteiger partial charge in [0.25, 0.3) is 0 Å². The summed E-state index contributed by atoms with van der Waals surface area (Å²) >= 11 is 12.9. The monoisotopic (exact) mass is 724 g/mol. The number of aromatic nitrogens is 1. The molecule has 2 N–H and O–H groups in total. The van der Waals surface area contributed by atoms with Gasteiger partial charge in [0.1, 0.15) is 22.3 Å². The maximum atomic E-state index is 15.2. The summed E-state index contributed by atoms with van der Waals surface area (Å²) in [7, 11) is 3.04. The van der Waals surface area contributed by atoms with Gasteiger partial charge in [-0.3, -0.25) is 9.80 Å². The van der Waals surface area contributed by atoms with E-state index in [9.17, 15) is 14.7 Å². The maximum absolute atomic E-state index is 15.2. The Labute approximate surface area is 299 Å². The summed E-state index contributed by atoms with van der Waals surface area (Å²) in [6.45, 7) is 2.50. The molecule has 2 atom stereocenters. The number of fused-ring (bicyclic) bond motifs is 3. The molecule has 10 nitrogen and oxygen atoms in total. The van der Waals surface area contributed by atoms with Crippen molar-refractivity contribution in [1.29, 1.82) is 0 Å². The molecular formula is C37H37Cl2FN3O7+. The van der Waals surface area contributed by atoms with Crippen molar-refractivity contribution in [3.05, 3.63) is 111 Å². The van der Waals surface area contributed by atoms with Gasteiger partial charge in [-0.25, -0.2) is 19.0 Å². The molecule has 3 fully saturated rings. The van der Waals surface area contributed by atoms with Gasteiger partial charge in [0.2, 0.25) is 0 Å². The summed E-state index contributed by atoms with van der Waals surface area (Å²) in [6.07, 6.45) is 3.39. The standard InChI is InChI=1S/C37H36Cl2FN3O7/c1-47-31-11-10-25(16-33(31)48-2)32(17-26-27(38)18-41-19-28(26)39)49-36(45)24-8-6-22(7-9-24)20-43(29-4-3-5-30(44)35(29)40)37(46)50-34-21-42-14-12-23(34)13-15-42/h3-11,16,18-19,23,32,34,44H,12-15,17,20-21H2,1-2H3/p+1/t32-,34-/m0/s1. The Hall–Kier alpha value is -4.58. The summed E-state index contributed by atoms with van der Waals surface area (Å²) < 4.78 is 38.0. The number of aromatic amines is 1.